The highest BCUT2D eigenvalue weighted by Gasteiger charge is 2.19. The first-order valence-electron chi connectivity index (χ1n) is 6.43. The quantitative estimate of drug-likeness (QED) is 0.806. The van der Waals surface area contributed by atoms with E-state index >= 15 is 0 Å². The van der Waals surface area contributed by atoms with E-state index in [1.807, 2.05) is 30.5 Å². The Balaban J connectivity index is 1.87. The number of ether oxygens (including phenoxy) is 1. The molecule has 1 aliphatic rings. The van der Waals surface area contributed by atoms with Gasteiger partial charge in [0, 0.05) is 11.1 Å². The van der Waals surface area contributed by atoms with Crippen molar-refractivity contribution in [3.63, 3.8) is 0 Å². The zero-order valence-electron chi connectivity index (χ0n) is 10.8. The van der Waals surface area contributed by atoms with Gasteiger partial charge in [-0.25, -0.2) is 4.98 Å². The lowest BCUT2D eigenvalue weighted by Crippen LogP contribution is -2.13. The van der Waals surface area contributed by atoms with Crippen molar-refractivity contribution in [2.24, 2.45) is 0 Å². The maximum atomic E-state index is 12.4. The van der Waals surface area contributed by atoms with Gasteiger partial charge in [-0.2, -0.15) is 0 Å². The van der Waals surface area contributed by atoms with Crippen LogP contribution in [-0.2, 0) is 12.8 Å². The lowest BCUT2D eigenvalue weighted by Gasteiger charge is -2.19. The van der Waals surface area contributed by atoms with Gasteiger partial charge < -0.3 is 4.74 Å². The fraction of sp³-hybridized carbons (Fsp3) is 0.333. The summed E-state index contributed by atoms with van der Waals surface area (Å²) in [5.41, 5.74) is 2.82. The maximum absolute atomic E-state index is 12.4. The highest BCUT2D eigenvalue weighted by molar-refractivity contribution is 7.09. The number of hydrogen-bond donors (Lipinski definition) is 0. The highest BCUT2D eigenvalue weighted by atomic mass is 32.1. The van der Waals surface area contributed by atoms with E-state index in [1.54, 1.807) is 0 Å². The molecule has 1 aliphatic heterocycles. The number of fused-ring (bicyclic) bond motifs is 1. The molecule has 2 heterocycles. The third-order valence-electron chi connectivity index (χ3n) is 3.21. The molecule has 98 valence electrons. The SMILES string of the molecule is Cc1csc(CC(=O)c2cccc3c2OCCC3)n1. The third-order valence-corrected chi connectivity index (χ3v) is 4.18. The first-order chi connectivity index (χ1) is 9.24. The lowest BCUT2D eigenvalue weighted by molar-refractivity contribution is 0.0988. The van der Waals surface area contributed by atoms with E-state index in [0.29, 0.717) is 18.6 Å². The van der Waals surface area contributed by atoms with E-state index in [0.717, 1.165) is 34.9 Å². The summed E-state index contributed by atoms with van der Waals surface area (Å²) in [6.45, 7) is 2.64. The Hall–Kier alpha value is -1.68. The molecule has 0 spiro atoms. The molecule has 0 unspecified atom stereocenters. The molecule has 0 saturated carbocycles. The number of hydrogen-bond acceptors (Lipinski definition) is 4. The Labute approximate surface area is 116 Å². The van der Waals surface area contributed by atoms with Gasteiger partial charge in [0.25, 0.3) is 0 Å². The standard InChI is InChI=1S/C15H15NO2S/c1-10-9-19-14(16-10)8-13(17)12-6-2-4-11-5-3-7-18-15(11)12/h2,4,6,9H,3,5,7-8H2,1H3. The normalized spacial score (nSPS) is 13.7. The molecule has 0 amide bonds. The number of benzene rings is 1. The molecule has 1 aromatic carbocycles. The monoisotopic (exact) mass is 273 g/mol. The van der Waals surface area contributed by atoms with Crippen LogP contribution in [0, 0.1) is 6.92 Å². The molecule has 0 atom stereocenters. The molecule has 3 nitrogen and oxygen atoms in total. The minimum atomic E-state index is 0.0908. The number of aryl methyl sites for hydroxylation is 2. The molecular formula is C15H15NO2S. The van der Waals surface area contributed by atoms with Crippen LogP contribution in [0.2, 0.25) is 0 Å². The van der Waals surface area contributed by atoms with Crippen LogP contribution in [0.3, 0.4) is 0 Å². The van der Waals surface area contributed by atoms with Crippen molar-refractivity contribution in [3.8, 4) is 5.75 Å². The Morgan fingerprint density at radius 2 is 2.37 bits per heavy atom. The largest absolute Gasteiger partial charge is 0.493 e. The second kappa shape index (κ2) is 5.13. The summed E-state index contributed by atoms with van der Waals surface area (Å²) in [5.74, 6) is 0.875. The molecule has 0 radical (unpaired) electrons. The molecule has 4 heteroatoms. The van der Waals surface area contributed by atoms with E-state index in [4.69, 9.17) is 4.74 Å². The minimum absolute atomic E-state index is 0.0908. The Morgan fingerprint density at radius 3 is 3.16 bits per heavy atom. The Morgan fingerprint density at radius 1 is 1.47 bits per heavy atom. The summed E-state index contributed by atoms with van der Waals surface area (Å²) < 4.78 is 5.68. The van der Waals surface area contributed by atoms with Crippen molar-refractivity contribution in [3.05, 3.63) is 45.4 Å². The van der Waals surface area contributed by atoms with E-state index in [1.165, 1.54) is 11.3 Å². The van der Waals surface area contributed by atoms with Crippen molar-refractivity contribution in [2.75, 3.05) is 6.61 Å². The molecule has 0 N–H and O–H groups in total. The van der Waals surface area contributed by atoms with E-state index in [9.17, 15) is 4.79 Å². The number of carbonyl (C=O) groups excluding carboxylic acids is 1. The molecule has 2 aromatic rings. The van der Waals surface area contributed by atoms with Gasteiger partial charge in [-0.15, -0.1) is 11.3 Å². The van der Waals surface area contributed by atoms with E-state index < -0.39 is 0 Å². The molecule has 0 saturated heterocycles. The molecular weight excluding hydrogens is 258 g/mol. The summed E-state index contributed by atoms with van der Waals surface area (Å²) in [7, 11) is 0. The van der Waals surface area contributed by atoms with Crippen LogP contribution in [0.25, 0.3) is 0 Å². The second-order valence-corrected chi connectivity index (χ2v) is 5.67. The van der Waals surface area contributed by atoms with Crippen LogP contribution < -0.4 is 4.74 Å². The van der Waals surface area contributed by atoms with Gasteiger partial charge >= 0.3 is 0 Å². The molecule has 3 rings (SSSR count). The first-order valence-corrected chi connectivity index (χ1v) is 7.31. The summed E-state index contributed by atoms with van der Waals surface area (Å²) in [6, 6.07) is 5.83. The fourth-order valence-electron chi connectivity index (χ4n) is 2.33. The first kappa shape index (κ1) is 12.4. The Kier molecular flexibility index (Phi) is 3.34. The average Bonchev–Trinajstić information content (AvgIpc) is 2.83. The molecule has 1 aromatic heterocycles. The number of nitrogens with zero attached hydrogens (tertiary/aromatic N) is 1. The maximum Gasteiger partial charge on any atom is 0.173 e. The van der Waals surface area contributed by atoms with Gasteiger partial charge in [0.05, 0.1) is 18.6 Å². The highest BCUT2D eigenvalue weighted by Crippen LogP contribution is 2.30. The zero-order chi connectivity index (χ0) is 13.2. The molecule has 0 fully saturated rings. The average molecular weight is 273 g/mol. The van der Waals surface area contributed by atoms with Gasteiger partial charge in [0.15, 0.2) is 5.78 Å². The van der Waals surface area contributed by atoms with Gasteiger partial charge in [-0.1, -0.05) is 12.1 Å². The van der Waals surface area contributed by atoms with E-state index in [-0.39, 0.29) is 5.78 Å². The summed E-state index contributed by atoms with van der Waals surface area (Å²) in [4.78, 5) is 16.7. The lowest BCUT2D eigenvalue weighted by atomic mass is 9.99. The van der Waals surface area contributed by atoms with Crippen molar-refractivity contribution in [1.29, 1.82) is 0 Å². The number of para-hydroxylation sites is 1. The smallest absolute Gasteiger partial charge is 0.173 e. The number of rotatable bonds is 3. The van der Waals surface area contributed by atoms with Crippen LogP contribution in [0.4, 0.5) is 0 Å². The number of carbonyl (C=O) groups is 1. The third kappa shape index (κ3) is 2.54. The van der Waals surface area contributed by atoms with Gasteiger partial charge in [-0.3, -0.25) is 4.79 Å². The number of Topliss-reactive ketones (excluding diaryl/α,β-unsaturated/α-hetero) is 1. The van der Waals surface area contributed by atoms with E-state index in [2.05, 4.69) is 4.98 Å². The topological polar surface area (TPSA) is 39.2 Å². The molecule has 0 aliphatic carbocycles. The van der Waals surface area contributed by atoms with Gasteiger partial charge in [0.1, 0.15) is 10.8 Å². The number of ketones is 1. The van der Waals surface area contributed by atoms with Crippen molar-refractivity contribution in [1.82, 2.24) is 4.98 Å². The van der Waals surface area contributed by atoms with Crippen LogP contribution in [0.1, 0.15) is 33.0 Å². The van der Waals surface area contributed by atoms with Crippen LogP contribution in [-0.4, -0.2) is 17.4 Å². The van der Waals surface area contributed by atoms with Crippen molar-refractivity contribution in [2.45, 2.75) is 26.2 Å². The molecule has 19 heavy (non-hydrogen) atoms. The zero-order valence-corrected chi connectivity index (χ0v) is 11.6. The van der Waals surface area contributed by atoms with Gasteiger partial charge in [0.2, 0.25) is 0 Å². The van der Waals surface area contributed by atoms with Crippen molar-refractivity contribution >= 4 is 17.1 Å². The summed E-state index contributed by atoms with van der Waals surface area (Å²) in [5, 5.41) is 2.84. The predicted octanol–water partition coefficient (Wildman–Crippen LogP) is 3.20. The predicted molar refractivity (Wildman–Crippen MR) is 75.1 cm³/mol. The van der Waals surface area contributed by atoms with Crippen molar-refractivity contribution < 1.29 is 9.53 Å². The number of thiazole rings is 1. The van der Waals surface area contributed by atoms with Crippen LogP contribution >= 0.6 is 11.3 Å². The summed E-state index contributed by atoms with van der Waals surface area (Å²) in [6.07, 6.45) is 2.38. The van der Waals surface area contributed by atoms with Gasteiger partial charge in [-0.05, 0) is 31.4 Å². The van der Waals surface area contributed by atoms with Crippen LogP contribution in [0.5, 0.6) is 5.75 Å². The minimum Gasteiger partial charge on any atom is -0.493 e. The number of aromatic nitrogens is 1. The summed E-state index contributed by atoms with van der Waals surface area (Å²) >= 11 is 1.54. The Bertz CT molecular complexity index is 618. The van der Waals surface area contributed by atoms with Crippen LogP contribution in [0.15, 0.2) is 23.6 Å². The second-order valence-electron chi connectivity index (χ2n) is 4.73. The fourth-order valence-corrected chi connectivity index (χ4v) is 3.10. The molecule has 0 bridgehead atoms.